The van der Waals surface area contributed by atoms with Crippen molar-refractivity contribution in [2.75, 3.05) is 7.11 Å². The van der Waals surface area contributed by atoms with E-state index in [0.29, 0.717) is 35.0 Å². The molecule has 8 heteroatoms. The molecule has 0 spiro atoms. The summed E-state index contributed by atoms with van der Waals surface area (Å²) in [5.74, 6) is -0.297. The molecule has 204 valence electrons. The second-order valence-electron chi connectivity index (χ2n) is 11.4. The van der Waals surface area contributed by atoms with Crippen LogP contribution in [-0.2, 0) is 20.5 Å². The van der Waals surface area contributed by atoms with E-state index in [4.69, 9.17) is 9.47 Å². The topological polar surface area (TPSA) is 89.9 Å². The Kier molecular flexibility index (Phi) is 6.05. The Morgan fingerprint density at radius 3 is 2.15 bits per heavy atom. The summed E-state index contributed by atoms with van der Waals surface area (Å²) in [6, 6.07) is 17.6. The van der Waals surface area contributed by atoms with Crippen LogP contribution in [0, 0.1) is 30.1 Å². The largest absolute Gasteiger partial charge is 0.493 e. The lowest BCUT2D eigenvalue weighted by atomic mass is 9.49. The smallest absolute Gasteiger partial charge is 0.341 e. The first-order chi connectivity index (χ1) is 19.3. The first-order valence-electron chi connectivity index (χ1n) is 13.6. The molecule has 4 saturated carbocycles. The Hall–Kier alpha value is -3.23. The molecule has 0 aromatic heterocycles. The van der Waals surface area contributed by atoms with Crippen LogP contribution in [0.4, 0.5) is 0 Å². The first-order valence-corrected chi connectivity index (χ1v) is 15.6. The number of fused-ring (bicyclic) bond motifs is 2. The van der Waals surface area contributed by atoms with Gasteiger partial charge in [0, 0.05) is 17.9 Å². The van der Waals surface area contributed by atoms with Gasteiger partial charge in [0.25, 0.3) is 0 Å². The highest BCUT2D eigenvalue weighted by Crippen LogP contribution is 2.59. The van der Waals surface area contributed by atoms with Crippen LogP contribution in [0.3, 0.4) is 0 Å². The summed E-state index contributed by atoms with van der Waals surface area (Å²) in [6.07, 6.45) is 3.59. The van der Waals surface area contributed by atoms with Crippen LogP contribution >= 0.6 is 11.8 Å². The molecule has 0 saturated heterocycles. The fourth-order valence-corrected chi connectivity index (χ4v) is 11.5. The highest BCUT2D eigenvalue weighted by atomic mass is 32.2. The van der Waals surface area contributed by atoms with Crippen LogP contribution in [-0.4, -0.2) is 29.9 Å². The number of methoxy groups -OCH3 is 1. The summed E-state index contributed by atoms with van der Waals surface area (Å²) in [4.78, 5) is 44.3. The van der Waals surface area contributed by atoms with Crippen LogP contribution in [0.25, 0.3) is 0 Å². The van der Waals surface area contributed by atoms with E-state index < -0.39 is 22.3 Å². The van der Waals surface area contributed by atoms with Gasteiger partial charge in [0.05, 0.1) is 27.9 Å². The van der Waals surface area contributed by atoms with Crippen molar-refractivity contribution in [2.45, 2.75) is 63.5 Å². The molecule has 0 radical (unpaired) electrons. The maximum Gasteiger partial charge on any atom is 0.341 e. The average Bonchev–Trinajstić information content (AvgIpc) is 2.95. The predicted octanol–water partition coefficient (Wildman–Crippen LogP) is 6.56. The molecule has 1 heterocycles. The highest BCUT2D eigenvalue weighted by molar-refractivity contribution is 8.04. The quantitative estimate of drug-likeness (QED) is 0.164. The fraction of sp³-hybridized carbons (Fsp3) is 0.344. The minimum absolute atomic E-state index is 0.0547. The molecule has 1 aliphatic heterocycles. The van der Waals surface area contributed by atoms with Crippen LogP contribution in [0.15, 0.2) is 79.1 Å². The third-order valence-corrected chi connectivity index (χ3v) is 13.0. The van der Waals surface area contributed by atoms with Crippen molar-refractivity contribution >= 4 is 40.4 Å². The molecular weight excluding hydrogens is 544 g/mol. The first kappa shape index (κ1) is 25.7. The molecule has 3 aromatic rings. The Morgan fingerprint density at radius 2 is 1.57 bits per heavy atom. The lowest BCUT2D eigenvalue weighted by molar-refractivity contribution is -0.167. The normalized spacial score (nSPS) is 26.2. The van der Waals surface area contributed by atoms with Gasteiger partial charge in [0.15, 0.2) is 26.2 Å². The number of rotatable bonds is 5. The molecule has 2 unspecified atom stereocenters. The fourth-order valence-electron chi connectivity index (χ4n) is 7.51. The van der Waals surface area contributed by atoms with E-state index in [9.17, 15) is 19.5 Å². The van der Waals surface area contributed by atoms with E-state index in [1.54, 1.807) is 11.8 Å². The summed E-state index contributed by atoms with van der Waals surface area (Å²) in [6.45, 7) is 1.83. The number of esters is 1. The number of carbonyl (C=O) groups excluding carboxylic acids is 2. The lowest BCUT2D eigenvalue weighted by Gasteiger charge is -2.53. The molecule has 6 nitrogen and oxygen atoms in total. The number of ketones is 1. The van der Waals surface area contributed by atoms with Gasteiger partial charge in [-0.15, -0.1) is 0 Å². The van der Waals surface area contributed by atoms with E-state index in [0.717, 1.165) is 38.8 Å². The minimum Gasteiger partial charge on any atom is -0.493 e. The van der Waals surface area contributed by atoms with Gasteiger partial charge >= 0.3 is 11.9 Å². The number of aromatic carboxylic acids is 1. The Labute approximate surface area is 239 Å². The Bertz CT molecular complexity index is 1530. The van der Waals surface area contributed by atoms with Crippen molar-refractivity contribution in [1.29, 1.82) is 0 Å². The number of hydrogen-bond acceptors (Lipinski definition) is 6. The minimum atomic E-state index is -1.06. The Morgan fingerprint density at radius 1 is 0.975 bits per heavy atom. The molecule has 4 aliphatic carbocycles. The predicted molar refractivity (Wildman–Crippen MR) is 150 cm³/mol. The molecular formula is C32H29O6S2+. The lowest BCUT2D eigenvalue weighted by Crippen LogP contribution is -2.55. The van der Waals surface area contributed by atoms with E-state index >= 15 is 0 Å². The summed E-state index contributed by atoms with van der Waals surface area (Å²) in [5.41, 5.74) is 0.0522. The van der Waals surface area contributed by atoms with Gasteiger partial charge < -0.3 is 14.6 Å². The van der Waals surface area contributed by atoms with Gasteiger partial charge in [-0.1, -0.05) is 36.0 Å². The molecule has 2 atom stereocenters. The standard InChI is InChI=1S/C32H28O6S2/c1-17-28(38-31(36)32-14-18-11-19(15-32)27(33)20(12-18)16-32)22(37-2)13-21(30(34)35)29(17)40-25-9-5-3-7-23(25)39-24-8-4-6-10-26(24)40/h3-10,13,18-20H,11-12,14-16H2,1-2H3/p+1. The van der Waals surface area contributed by atoms with Gasteiger partial charge in [-0.2, -0.15) is 0 Å². The average molecular weight is 574 g/mol. The number of Topliss-reactive ketones (excluding diaryl/α,β-unsaturated/α-hetero) is 1. The number of hydrogen-bond donors (Lipinski definition) is 1. The zero-order valence-electron chi connectivity index (χ0n) is 22.3. The second-order valence-corrected chi connectivity index (χ2v) is 14.4. The summed E-state index contributed by atoms with van der Waals surface area (Å²) >= 11 is 1.68. The van der Waals surface area contributed by atoms with Crippen molar-refractivity contribution in [2.24, 2.45) is 23.2 Å². The van der Waals surface area contributed by atoms with Crippen LogP contribution in [0.5, 0.6) is 11.5 Å². The molecule has 5 aliphatic rings. The van der Waals surface area contributed by atoms with E-state index in [2.05, 4.69) is 24.3 Å². The maximum absolute atomic E-state index is 14.0. The van der Waals surface area contributed by atoms with Gasteiger partial charge in [0.2, 0.25) is 0 Å². The van der Waals surface area contributed by atoms with Crippen molar-refractivity contribution in [3.8, 4) is 11.5 Å². The third kappa shape index (κ3) is 3.83. The van der Waals surface area contributed by atoms with Gasteiger partial charge in [-0.05, 0) is 69.2 Å². The van der Waals surface area contributed by atoms with Crippen molar-refractivity contribution in [3.05, 3.63) is 65.7 Å². The zero-order valence-corrected chi connectivity index (χ0v) is 23.9. The van der Waals surface area contributed by atoms with Gasteiger partial charge in [0.1, 0.15) is 22.2 Å². The maximum atomic E-state index is 14.0. The van der Waals surface area contributed by atoms with E-state index in [-0.39, 0.29) is 34.9 Å². The molecule has 8 rings (SSSR count). The summed E-state index contributed by atoms with van der Waals surface area (Å²) in [5, 5.41) is 10.4. The summed E-state index contributed by atoms with van der Waals surface area (Å²) < 4.78 is 11.9. The number of carbonyl (C=O) groups is 3. The van der Waals surface area contributed by atoms with Crippen molar-refractivity contribution in [1.82, 2.24) is 0 Å². The van der Waals surface area contributed by atoms with Crippen LogP contribution in [0.1, 0.15) is 48.0 Å². The van der Waals surface area contributed by atoms with Crippen molar-refractivity contribution < 1.29 is 29.0 Å². The van der Waals surface area contributed by atoms with Gasteiger partial charge in [-0.3, -0.25) is 9.59 Å². The van der Waals surface area contributed by atoms with Crippen LogP contribution in [0.2, 0.25) is 0 Å². The summed E-state index contributed by atoms with van der Waals surface area (Å²) in [7, 11) is 0.718. The van der Waals surface area contributed by atoms with Crippen LogP contribution < -0.4 is 9.47 Å². The van der Waals surface area contributed by atoms with Gasteiger partial charge in [-0.25, -0.2) is 4.79 Å². The molecule has 0 amide bonds. The monoisotopic (exact) mass is 573 g/mol. The van der Waals surface area contributed by atoms with E-state index in [1.807, 2.05) is 31.2 Å². The third-order valence-electron chi connectivity index (χ3n) is 9.06. The highest BCUT2D eigenvalue weighted by Gasteiger charge is 2.59. The molecule has 1 N–H and O–H groups in total. The molecule has 4 bridgehead atoms. The number of benzene rings is 3. The zero-order chi connectivity index (χ0) is 27.8. The number of carboxylic acids is 1. The van der Waals surface area contributed by atoms with E-state index in [1.165, 1.54) is 13.2 Å². The number of ether oxygens (including phenoxy) is 2. The Balaban J connectivity index is 1.37. The SMILES string of the molecule is COc1cc(C(=O)O)c([S+]2c3ccccc3Sc3ccccc32)c(C)c1OC(=O)C12CC3CC(C1)C(=O)C(C3)C2. The molecule has 3 aromatic carbocycles. The number of carboxylic acid groups (broad SMARTS) is 1. The molecule has 4 fully saturated rings. The molecule has 40 heavy (non-hydrogen) atoms. The second kappa shape index (κ2) is 9.42. The van der Waals surface area contributed by atoms with Crippen molar-refractivity contribution in [3.63, 3.8) is 0 Å².